The molecule has 1 aliphatic carbocycles. The number of benzene rings is 1. The molecule has 0 bridgehead atoms. The van der Waals surface area contributed by atoms with Gasteiger partial charge in [-0.1, -0.05) is 30.3 Å². The molecule has 1 aliphatic heterocycles. The molecule has 1 unspecified atom stereocenters. The highest BCUT2D eigenvalue weighted by Gasteiger charge is 2.41. The molecule has 1 N–H and O–H groups in total. The summed E-state index contributed by atoms with van der Waals surface area (Å²) in [6.07, 6.45) is 2.72. The predicted octanol–water partition coefficient (Wildman–Crippen LogP) is 2.47. The summed E-state index contributed by atoms with van der Waals surface area (Å²) in [7, 11) is 0. The Labute approximate surface area is 121 Å². The SMILES string of the molecule is CC(c1ccccc1)N(CC1CC1)CC1(CO)COC1. The third kappa shape index (κ3) is 3.05. The predicted molar refractivity (Wildman–Crippen MR) is 79.5 cm³/mol. The van der Waals surface area contributed by atoms with E-state index in [9.17, 15) is 5.11 Å². The molecular formula is C17H25NO2. The van der Waals surface area contributed by atoms with Crippen LogP contribution in [0.3, 0.4) is 0 Å². The fourth-order valence-corrected chi connectivity index (χ4v) is 2.99. The zero-order valence-corrected chi connectivity index (χ0v) is 12.3. The number of hydrogen-bond acceptors (Lipinski definition) is 3. The van der Waals surface area contributed by atoms with Gasteiger partial charge in [0.1, 0.15) is 0 Å². The monoisotopic (exact) mass is 275 g/mol. The van der Waals surface area contributed by atoms with Gasteiger partial charge in [-0.3, -0.25) is 4.90 Å². The molecule has 3 heteroatoms. The fraction of sp³-hybridized carbons (Fsp3) is 0.647. The molecule has 3 rings (SSSR count). The van der Waals surface area contributed by atoms with Crippen molar-refractivity contribution in [3.8, 4) is 0 Å². The van der Waals surface area contributed by atoms with Crippen molar-refractivity contribution >= 4 is 0 Å². The topological polar surface area (TPSA) is 32.7 Å². The van der Waals surface area contributed by atoms with Crippen LogP contribution < -0.4 is 0 Å². The standard InChI is InChI=1S/C17H25NO2/c1-14(16-5-3-2-4-6-16)18(9-15-7-8-15)10-17(11-19)12-20-13-17/h2-6,14-15,19H,7-13H2,1H3. The van der Waals surface area contributed by atoms with Crippen LogP contribution in [0, 0.1) is 11.3 Å². The number of aliphatic hydroxyl groups excluding tert-OH is 1. The van der Waals surface area contributed by atoms with Crippen molar-refractivity contribution in [1.82, 2.24) is 4.90 Å². The van der Waals surface area contributed by atoms with Gasteiger partial charge in [-0.05, 0) is 31.2 Å². The molecule has 20 heavy (non-hydrogen) atoms. The fourth-order valence-electron chi connectivity index (χ4n) is 2.99. The van der Waals surface area contributed by atoms with Gasteiger partial charge in [0.05, 0.1) is 25.2 Å². The Hall–Kier alpha value is -0.900. The summed E-state index contributed by atoms with van der Waals surface area (Å²) >= 11 is 0. The lowest BCUT2D eigenvalue weighted by atomic mass is 9.85. The Morgan fingerprint density at radius 2 is 2.00 bits per heavy atom. The Morgan fingerprint density at radius 1 is 1.30 bits per heavy atom. The van der Waals surface area contributed by atoms with Crippen LogP contribution in [-0.2, 0) is 4.74 Å². The van der Waals surface area contributed by atoms with Crippen molar-refractivity contribution < 1.29 is 9.84 Å². The highest BCUT2D eigenvalue weighted by atomic mass is 16.5. The first-order chi connectivity index (χ1) is 9.72. The van der Waals surface area contributed by atoms with Gasteiger partial charge in [0.2, 0.25) is 0 Å². The molecule has 0 radical (unpaired) electrons. The van der Waals surface area contributed by atoms with Gasteiger partial charge in [0, 0.05) is 19.1 Å². The summed E-state index contributed by atoms with van der Waals surface area (Å²) in [6, 6.07) is 11.1. The normalized spacial score (nSPS) is 22.6. The van der Waals surface area contributed by atoms with E-state index in [0.717, 1.165) is 19.0 Å². The van der Waals surface area contributed by atoms with Gasteiger partial charge < -0.3 is 9.84 Å². The molecule has 0 amide bonds. The first kappa shape index (κ1) is 14.1. The molecule has 1 saturated carbocycles. The van der Waals surface area contributed by atoms with E-state index in [1.165, 1.54) is 18.4 Å². The zero-order valence-electron chi connectivity index (χ0n) is 12.3. The van der Waals surface area contributed by atoms with Crippen molar-refractivity contribution in [2.24, 2.45) is 11.3 Å². The van der Waals surface area contributed by atoms with Crippen LogP contribution in [0.15, 0.2) is 30.3 Å². The number of rotatable bonds is 7. The quantitative estimate of drug-likeness (QED) is 0.830. The van der Waals surface area contributed by atoms with Crippen LogP contribution in [-0.4, -0.2) is 42.9 Å². The molecule has 0 aromatic heterocycles. The van der Waals surface area contributed by atoms with E-state index in [2.05, 4.69) is 42.2 Å². The summed E-state index contributed by atoms with van der Waals surface area (Å²) in [6.45, 7) is 6.00. The van der Waals surface area contributed by atoms with E-state index in [0.29, 0.717) is 19.3 Å². The lowest BCUT2D eigenvalue weighted by molar-refractivity contribution is -0.151. The van der Waals surface area contributed by atoms with Crippen LogP contribution in [0.25, 0.3) is 0 Å². The number of ether oxygens (including phenoxy) is 1. The van der Waals surface area contributed by atoms with E-state index in [4.69, 9.17) is 4.74 Å². The molecule has 1 atom stereocenters. The molecule has 1 heterocycles. The maximum absolute atomic E-state index is 9.68. The van der Waals surface area contributed by atoms with E-state index >= 15 is 0 Å². The molecule has 1 saturated heterocycles. The largest absolute Gasteiger partial charge is 0.396 e. The van der Waals surface area contributed by atoms with Gasteiger partial charge in [-0.15, -0.1) is 0 Å². The minimum atomic E-state index is -0.0298. The first-order valence-corrected chi connectivity index (χ1v) is 7.70. The van der Waals surface area contributed by atoms with Gasteiger partial charge in [-0.25, -0.2) is 0 Å². The van der Waals surface area contributed by atoms with Crippen LogP contribution in [0.5, 0.6) is 0 Å². The number of aliphatic hydroxyl groups is 1. The minimum Gasteiger partial charge on any atom is -0.396 e. The van der Waals surface area contributed by atoms with Crippen LogP contribution in [0.1, 0.15) is 31.4 Å². The number of hydrogen-bond donors (Lipinski definition) is 1. The summed E-state index contributed by atoms with van der Waals surface area (Å²) in [5.41, 5.74) is 1.33. The summed E-state index contributed by atoms with van der Waals surface area (Å²) in [4.78, 5) is 2.55. The van der Waals surface area contributed by atoms with Crippen molar-refractivity contribution in [2.75, 3.05) is 32.9 Å². The molecule has 1 aromatic carbocycles. The Balaban J connectivity index is 1.71. The summed E-state index contributed by atoms with van der Waals surface area (Å²) in [5, 5.41) is 9.68. The maximum Gasteiger partial charge on any atom is 0.0579 e. The molecule has 0 spiro atoms. The lowest BCUT2D eigenvalue weighted by Gasteiger charge is -2.45. The second kappa shape index (κ2) is 5.84. The smallest absolute Gasteiger partial charge is 0.0579 e. The second-order valence-electron chi connectivity index (χ2n) is 6.61. The van der Waals surface area contributed by atoms with Gasteiger partial charge in [-0.2, -0.15) is 0 Å². The van der Waals surface area contributed by atoms with E-state index in [-0.39, 0.29) is 12.0 Å². The van der Waals surface area contributed by atoms with Crippen LogP contribution >= 0.6 is 0 Å². The second-order valence-corrected chi connectivity index (χ2v) is 6.61. The average molecular weight is 275 g/mol. The lowest BCUT2D eigenvalue weighted by Crippen LogP contribution is -2.54. The van der Waals surface area contributed by atoms with Crippen molar-refractivity contribution in [3.63, 3.8) is 0 Å². The van der Waals surface area contributed by atoms with Crippen LogP contribution in [0.4, 0.5) is 0 Å². The first-order valence-electron chi connectivity index (χ1n) is 7.70. The summed E-state index contributed by atoms with van der Waals surface area (Å²) < 4.78 is 5.35. The Morgan fingerprint density at radius 3 is 2.50 bits per heavy atom. The number of nitrogens with zero attached hydrogens (tertiary/aromatic N) is 1. The van der Waals surface area contributed by atoms with Crippen molar-refractivity contribution in [2.45, 2.75) is 25.8 Å². The maximum atomic E-state index is 9.68. The van der Waals surface area contributed by atoms with Crippen molar-refractivity contribution in [1.29, 1.82) is 0 Å². The summed E-state index contributed by atoms with van der Waals surface area (Å²) in [5.74, 6) is 0.859. The molecule has 1 aromatic rings. The highest BCUT2D eigenvalue weighted by molar-refractivity contribution is 5.18. The van der Waals surface area contributed by atoms with Crippen molar-refractivity contribution in [3.05, 3.63) is 35.9 Å². The Bertz CT molecular complexity index is 420. The molecule has 2 aliphatic rings. The van der Waals surface area contributed by atoms with E-state index in [1.807, 2.05) is 0 Å². The molecular weight excluding hydrogens is 250 g/mol. The highest BCUT2D eigenvalue weighted by Crippen LogP contribution is 2.36. The van der Waals surface area contributed by atoms with E-state index < -0.39 is 0 Å². The molecule has 2 fully saturated rings. The molecule has 110 valence electrons. The van der Waals surface area contributed by atoms with Gasteiger partial charge in [0.15, 0.2) is 0 Å². The molecule has 3 nitrogen and oxygen atoms in total. The third-order valence-electron chi connectivity index (χ3n) is 4.71. The third-order valence-corrected chi connectivity index (χ3v) is 4.71. The van der Waals surface area contributed by atoms with Gasteiger partial charge in [0.25, 0.3) is 0 Å². The average Bonchev–Trinajstić information content (AvgIpc) is 3.26. The van der Waals surface area contributed by atoms with E-state index in [1.54, 1.807) is 0 Å². The zero-order chi connectivity index (χ0) is 14.0. The van der Waals surface area contributed by atoms with Gasteiger partial charge >= 0.3 is 0 Å². The minimum absolute atomic E-state index is 0.0298. The van der Waals surface area contributed by atoms with Crippen LogP contribution in [0.2, 0.25) is 0 Å². The Kier molecular flexibility index (Phi) is 4.11.